The Balaban J connectivity index is 1.51. The van der Waals surface area contributed by atoms with Crippen LogP contribution in [-0.4, -0.2) is 44.7 Å². The Morgan fingerprint density at radius 2 is 1.97 bits per heavy atom. The van der Waals surface area contributed by atoms with E-state index in [2.05, 4.69) is 11.4 Å². The average Bonchev–Trinajstić information content (AvgIpc) is 2.71. The fraction of sp³-hybridized carbons (Fsp3) is 0.391. The maximum Gasteiger partial charge on any atom is 0.253 e. The van der Waals surface area contributed by atoms with Gasteiger partial charge in [0.05, 0.1) is 19.8 Å². The van der Waals surface area contributed by atoms with E-state index < -0.39 is 0 Å². The molecule has 1 unspecified atom stereocenters. The molecule has 0 aromatic heterocycles. The topological polar surface area (TPSA) is 67.9 Å². The molecule has 0 saturated carbocycles. The largest absolute Gasteiger partial charge is 0.497 e. The highest BCUT2D eigenvalue weighted by Gasteiger charge is 2.27. The number of benzene rings is 2. The van der Waals surface area contributed by atoms with Crippen LogP contribution in [0, 0.1) is 13.8 Å². The van der Waals surface area contributed by atoms with Crippen LogP contribution in [0.15, 0.2) is 42.5 Å². The second kappa shape index (κ2) is 9.56. The second-order valence-electron chi connectivity index (χ2n) is 7.44. The molecule has 0 radical (unpaired) electrons. The molecule has 1 fully saturated rings. The number of methoxy groups -OCH3 is 1. The van der Waals surface area contributed by atoms with E-state index in [0.717, 1.165) is 28.1 Å². The lowest BCUT2D eigenvalue weighted by Crippen LogP contribution is -2.50. The maximum atomic E-state index is 12.3. The molecule has 1 N–H and O–H groups in total. The molecule has 154 valence electrons. The molecular weight excluding hydrogens is 368 g/mol. The van der Waals surface area contributed by atoms with E-state index in [1.807, 2.05) is 50.2 Å². The quantitative estimate of drug-likeness (QED) is 0.782. The van der Waals surface area contributed by atoms with Gasteiger partial charge in [-0.1, -0.05) is 18.2 Å². The van der Waals surface area contributed by atoms with E-state index in [1.165, 1.54) is 0 Å². The molecular formula is C23H28N2O4. The summed E-state index contributed by atoms with van der Waals surface area (Å²) in [5, 5.41) is 2.93. The van der Waals surface area contributed by atoms with E-state index in [0.29, 0.717) is 25.9 Å². The Morgan fingerprint density at radius 1 is 1.21 bits per heavy atom. The van der Waals surface area contributed by atoms with Crippen LogP contribution < -0.4 is 15.0 Å². The highest BCUT2D eigenvalue weighted by Crippen LogP contribution is 2.22. The zero-order valence-corrected chi connectivity index (χ0v) is 17.2. The van der Waals surface area contributed by atoms with Gasteiger partial charge >= 0.3 is 0 Å². The van der Waals surface area contributed by atoms with Crippen molar-refractivity contribution in [3.63, 3.8) is 0 Å². The van der Waals surface area contributed by atoms with Gasteiger partial charge in [0.2, 0.25) is 5.91 Å². The number of carbonyl (C=O) groups excluding carboxylic acids is 2. The molecule has 1 atom stereocenters. The van der Waals surface area contributed by atoms with Crippen molar-refractivity contribution in [2.75, 3.05) is 31.7 Å². The van der Waals surface area contributed by atoms with Gasteiger partial charge in [0.25, 0.3) is 5.91 Å². The normalized spacial score (nSPS) is 16.6. The molecule has 1 saturated heterocycles. The maximum absolute atomic E-state index is 12.3. The van der Waals surface area contributed by atoms with Gasteiger partial charge in [-0.25, -0.2) is 0 Å². The lowest BCUT2D eigenvalue weighted by molar-refractivity contribution is -0.129. The van der Waals surface area contributed by atoms with Crippen molar-refractivity contribution in [2.24, 2.45) is 0 Å². The number of hydrogen-bond donors (Lipinski definition) is 1. The van der Waals surface area contributed by atoms with E-state index in [9.17, 15) is 9.59 Å². The molecule has 6 nitrogen and oxygen atoms in total. The summed E-state index contributed by atoms with van der Waals surface area (Å²) >= 11 is 0. The zero-order chi connectivity index (χ0) is 20.8. The van der Waals surface area contributed by atoms with Crippen LogP contribution in [-0.2, 0) is 20.7 Å². The molecule has 2 aromatic carbocycles. The van der Waals surface area contributed by atoms with Crippen LogP contribution in [0.3, 0.4) is 0 Å². The van der Waals surface area contributed by atoms with Gasteiger partial charge in [-0.15, -0.1) is 0 Å². The first kappa shape index (κ1) is 20.9. The number of rotatable bonds is 7. The number of carbonyl (C=O) groups is 2. The first-order valence-corrected chi connectivity index (χ1v) is 9.84. The number of aryl methyl sites for hydroxylation is 3. The number of nitrogens with one attached hydrogen (secondary N) is 1. The Labute approximate surface area is 171 Å². The van der Waals surface area contributed by atoms with Crippen molar-refractivity contribution < 1.29 is 19.1 Å². The molecule has 6 heteroatoms. The monoisotopic (exact) mass is 396 g/mol. The van der Waals surface area contributed by atoms with E-state index >= 15 is 0 Å². The summed E-state index contributed by atoms with van der Waals surface area (Å²) in [5.74, 6) is 0.691. The predicted octanol–water partition coefficient (Wildman–Crippen LogP) is 2.79. The van der Waals surface area contributed by atoms with Gasteiger partial charge in [0.15, 0.2) is 0 Å². The minimum absolute atomic E-state index is 0.0251. The van der Waals surface area contributed by atoms with Crippen molar-refractivity contribution in [3.05, 3.63) is 59.2 Å². The summed E-state index contributed by atoms with van der Waals surface area (Å²) in [6.07, 6.45) is 0.802. The fourth-order valence-electron chi connectivity index (χ4n) is 3.51. The minimum atomic E-state index is -0.228. The Kier molecular flexibility index (Phi) is 6.88. The Hall–Kier alpha value is -2.86. The van der Waals surface area contributed by atoms with Crippen molar-refractivity contribution in [1.29, 1.82) is 0 Å². The summed E-state index contributed by atoms with van der Waals surface area (Å²) < 4.78 is 10.8. The van der Waals surface area contributed by atoms with Crippen LogP contribution >= 0.6 is 0 Å². The van der Waals surface area contributed by atoms with Crippen molar-refractivity contribution in [3.8, 4) is 5.75 Å². The first-order chi connectivity index (χ1) is 13.9. The molecule has 1 aliphatic rings. The van der Waals surface area contributed by atoms with Crippen LogP contribution in [0.25, 0.3) is 0 Å². The van der Waals surface area contributed by atoms with Crippen molar-refractivity contribution in [1.82, 2.24) is 5.32 Å². The SMILES string of the molecule is COc1cccc(CCC(=O)NCC2CN(c3cc(C)cc(C)c3)C(=O)CO2)c1. The van der Waals surface area contributed by atoms with E-state index in [1.54, 1.807) is 12.0 Å². The van der Waals surface area contributed by atoms with Crippen LogP contribution in [0.1, 0.15) is 23.1 Å². The molecule has 0 bridgehead atoms. The summed E-state index contributed by atoms with van der Waals surface area (Å²) in [6.45, 7) is 4.86. The summed E-state index contributed by atoms with van der Waals surface area (Å²) in [5.41, 5.74) is 4.16. The van der Waals surface area contributed by atoms with Crippen LogP contribution in [0.4, 0.5) is 5.69 Å². The lowest BCUT2D eigenvalue weighted by Gasteiger charge is -2.33. The minimum Gasteiger partial charge on any atom is -0.497 e. The molecule has 1 aliphatic heterocycles. The van der Waals surface area contributed by atoms with Crippen molar-refractivity contribution >= 4 is 17.5 Å². The summed E-state index contributed by atoms with van der Waals surface area (Å²) in [6, 6.07) is 13.8. The molecule has 0 spiro atoms. The standard InChI is InChI=1S/C23H28N2O4/c1-16-9-17(2)11-19(10-16)25-14-21(29-15-23(25)27)13-24-22(26)8-7-18-5-4-6-20(12-18)28-3/h4-6,9-12,21H,7-8,13-15H2,1-3H3,(H,24,26). The molecule has 2 aromatic rings. The van der Waals surface area contributed by atoms with Gasteiger partial charge in [-0.2, -0.15) is 0 Å². The van der Waals surface area contributed by atoms with E-state index in [4.69, 9.17) is 9.47 Å². The van der Waals surface area contributed by atoms with Gasteiger partial charge in [0, 0.05) is 18.7 Å². The number of amides is 2. The molecule has 1 heterocycles. The number of hydrogen-bond acceptors (Lipinski definition) is 4. The lowest BCUT2D eigenvalue weighted by atomic mass is 10.1. The Morgan fingerprint density at radius 3 is 2.69 bits per heavy atom. The molecule has 0 aliphatic carbocycles. The third-order valence-corrected chi connectivity index (χ3v) is 4.95. The van der Waals surface area contributed by atoms with Gasteiger partial charge in [-0.3, -0.25) is 9.59 Å². The number of morpholine rings is 1. The number of nitrogens with zero attached hydrogens (tertiary/aromatic N) is 1. The van der Waals surface area contributed by atoms with Crippen molar-refractivity contribution in [2.45, 2.75) is 32.8 Å². The Bertz CT molecular complexity index is 861. The van der Waals surface area contributed by atoms with Crippen LogP contribution in [0.5, 0.6) is 5.75 Å². The predicted molar refractivity (Wildman–Crippen MR) is 112 cm³/mol. The summed E-state index contributed by atoms with van der Waals surface area (Å²) in [4.78, 5) is 26.3. The fourth-order valence-corrected chi connectivity index (χ4v) is 3.51. The zero-order valence-electron chi connectivity index (χ0n) is 17.2. The van der Waals surface area contributed by atoms with Gasteiger partial charge < -0.3 is 19.7 Å². The average molecular weight is 396 g/mol. The first-order valence-electron chi connectivity index (χ1n) is 9.84. The highest BCUT2D eigenvalue weighted by molar-refractivity contribution is 5.95. The third kappa shape index (κ3) is 5.81. The highest BCUT2D eigenvalue weighted by atomic mass is 16.5. The summed E-state index contributed by atoms with van der Waals surface area (Å²) in [7, 11) is 1.63. The van der Waals surface area contributed by atoms with Gasteiger partial charge in [0.1, 0.15) is 12.4 Å². The van der Waals surface area contributed by atoms with Crippen LogP contribution in [0.2, 0.25) is 0 Å². The second-order valence-corrected chi connectivity index (χ2v) is 7.44. The van der Waals surface area contributed by atoms with Gasteiger partial charge in [-0.05, 0) is 61.2 Å². The third-order valence-electron chi connectivity index (χ3n) is 4.95. The smallest absolute Gasteiger partial charge is 0.253 e. The number of anilines is 1. The van der Waals surface area contributed by atoms with E-state index in [-0.39, 0.29) is 24.5 Å². The molecule has 3 rings (SSSR count). The molecule has 29 heavy (non-hydrogen) atoms. The number of ether oxygens (including phenoxy) is 2. The molecule has 2 amide bonds.